The van der Waals surface area contributed by atoms with Crippen molar-refractivity contribution in [1.29, 1.82) is 0 Å². The van der Waals surface area contributed by atoms with Crippen LogP contribution in [0.2, 0.25) is 0 Å². The molecule has 0 spiro atoms. The Balaban J connectivity index is 2.53. The van der Waals surface area contributed by atoms with E-state index in [1.807, 2.05) is 7.05 Å². The largest absolute Gasteiger partial charge is 0.379 e. The maximum absolute atomic E-state index is 5.72. The molecule has 0 fully saturated rings. The van der Waals surface area contributed by atoms with Gasteiger partial charge < -0.3 is 10.1 Å². The van der Waals surface area contributed by atoms with Crippen LogP contribution in [0.3, 0.4) is 0 Å². The van der Waals surface area contributed by atoms with Crippen molar-refractivity contribution in [1.82, 2.24) is 5.32 Å². The van der Waals surface area contributed by atoms with Crippen molar-refractivity contribution in [3.05, 3.63) is 35.4 Å². The SMILES string of the molecule is CCCc1ccc(C(COCC(C)C)NC)cc1. The van der Waals surface area contributed by atoms with E-state index in [4.69, 9.17) is 4.74 Å². The number of benzene rings is 1. The molecule has 102 valence electrons. The predicted octanol–water partition coefficient (Wildman–Crippen LogP) is 3.57. The molecule has 0 aliphatic rings. The molecule has 0 bridgehead atoms. The second-order valence-corrected chi connectivity index (χ2v) is 5.26. The van der Waals surface area contributed by atoms with Gasteiger partial charge in [0.05, 0.1) is 12.6 Å². The van der Waals surface area contributed by atoms with Crippen molar-refractivity contribution in [2.45, 2.75) is 39.7 Å². The van der Waals surface area contributed by atoms with Crippen LogP contribution in [0.4, 0.5) is 0 Å². The fraction of sp³-hybridized carbons (Fsp3) is 0.625. The summed E-state index contributed by atoms with van der Waals surface area (Å²) in [5.41, 5.74) is 2.72. The van der Waals surface area contributed by atoms with Gasteiger partial charge in [0, 0.05) is 6.61 Å². The van der Waals surface area contributed by atoms with E-state index in [2.05, 4.69) is 50.4 Å². The standard InChI is InChI=1S/C16H27NO/c1-5-6-14-7-9-15(10-8-14)16(17-4)12-18-11-13(2)3/h7-10,13,16-17H,5-6,11-12H2,1-4H3. The van der Waals surface area contributed by atoms with Crippen molar-refractivity contribution in [2.75, 3.05) is 20.3 Å². The minimum Gasteiger partial charge on any atom is -0.379 e. The summed E-state index contributed by atoms with van der Waals surface area (Å²) in [6.07, 6.45) is 2.36. The smallest absolute Gasteiger partial charge is 0.0661 e. The zero-order valence-corrected chi connectivity index (χ0v) is 12.2. The summed E-state index contributed by atoms with van der Waals surface area (Å²) >= 11 is 0. The summed E-state index contributed by atoms with van der Waals surface area (Å²) in [5.74, 6) is 0.592. The van der Waals surface area contributed by atoms with Gasteiger partial charge in [0.2, 0.25) is 0 Å². The molecular weight excluding hydrogens is 222 g/mol. The molecule has 0 aliphatic heterocycles. The van der Waals surface area contributed by atoms with Crippen molar-refractivity contribution in [3.8, 4) is 0 Å². The molecule has 0 saturated heterocycles. The van der Waals surface area contributed by atoms with Crippen LogP contribution in [0.25, 0.3) is 0 Å². The molecule has 0 saturated carbocycles. The van der Waals surface area contributed by atoms with Crippen LogP contribution in [0.1, 0.15) is 44.4 Å². The van der Waals surface area contributed by atoms with E-state index in [9.17, 15) is 0 Å². The normalized spacial score (nSPS) is 12.9. The van der Waals surface area contributed by atoms with Crippen LogP contribution in [0.5, 0.6) is 0 Å². The summed E-state index contributed by atoms with van der Waals surface area (Å²) < 4.78 is 5.72. The number of rotatable bonds is 8. The van der Waals surface area contributed by atoms with Crippen LogP contribution in [0, 0.1) is 5.92 Å². The molecule has 0 amide bonds. The Bertz CT molecular complexity index is 318. The molecule has 1 N–H and O–H groups in total. The van der Waals surface area contributed by atoms with Crippen molar-refractivity contribution in [3.63, 3.8) is 0 Å². The average molecular weight is 249 g/mol. The second kappa shape index (κ2) is 8.28. The molecule has 2 heteroatoms. The predicted molar refractivity (Wildman–Crippen MR) is 77.9 cm³/mol. The number of aryl methyl sites for hydroxylation is 1. The highest BCUT2D eigenvalue weighted by atomic mass is 16.5. The highest BCUT2D eigenvalue weighted by molar-refractivity contribution is 5.25. The quantitative estimate of drug-likeness (QED) is 0.760. The minimum absolute atomic E-state index is 0.291. The summed E-state index contributed by atoms with van der Waals surface area (Å²) in [4.78, 5) is 0. The Morgan fingerprint density at radius 3 is 2.28 bits per heavy atom. The summed E-state index contributed by atoms with van der Waals surface area (Å²) in [6.45, 7) is 8.12. The first kappa shape index (κ1) is 15.2. The number of hydrogen-bond acceptors (Lipinski definition) is 2. The van der Waals surface area contributed by atoms with E-state index in [-0.39, 0.29) is 0 Å². The Morgan fingerprint density at radius 2 is 1.78 bits per heavy atom. The van der Waals surface area contributed by atoms with Gasteiger partial charge >= 0.3 is 0 Å². The third-order valence-corrected chi connectivity index (χ3v) is 3.00. The third-order valence-electron chi connectivity index (χ3n) is 3.00. The van der Waals surface area contributed by atoms with Crippen LogP contribution < -0.4 is 5.32 Å². The lowest BCUT2D eigenvalue weighted by Gasteiger charge is -2.18. The Kier molecular flexibility index (Phi) is 6.99. The van der Waals surface area contributed by atoms with Gasteiger partial charge in [0.1, 0.15) is 0 Å². The first-order valence-electron chi connectivity index (χ1n) is 7.01. The zero-order chi connectivity index (χ0) is 13.4. The van der Waals surface area contributed by atoms with Gasteiger partial charge in [-0.05, 0) is 30.5 Å². The zero-order valence-electron chi connectivity index (χ0n) is 12.2. The third kappa shape index (κ3) is 5.19. The molecular formula is C16H27NO. The fourth-order valence-corrected chi connectivity index (χ4v) is 1.97. The van der Waals surface area contributed by atoms with Crippen molar-refractivity contribution < 1.29 is 4.74 Å². The van der Waals surface area contributed by atoms with Gasteiger partial charge in [-0.3, -0.25) is 0 Å². The molecule has 0 aliphatic carbocycles. The summed E-state index contributed by atoms with van der Waals surface area (Å²) in [5, 5.41) is 3.32. The van der Waals surface area contributed by atoms with Crippen LogP contribution >= 0.6 is 0 Å². The maximum Gasteiger partial charge on any atom is 0.0661 e. The average Bonchev–Trinajstić information content (AvgIpc) is 2.36. The Hall–Kier alpha value is -0.860. The topological polar surface area (TPSA) is 21.3 Å². The fourth-order valence-electron chi connectivity index (χ4n) is 1.97. The van der Waals surface area contributed by atoms with Crippen LogP contribution in [-0.4, -0.2) is 20.3 Å². The minimum atomic E-state index is 0.291. The lowest BCUT2D eigenvalue weighted by Crippen LogP contribution is -2.22. The molecule has 1 aromatic carbocycles. The summed E-state index contributed by atoms with van der Waals surface area (Å²) in [6, 6.07) is 9.17. The molecule has 1 rings (SSSR count). The molecule has 1 atom stereocenters. The lowest BCUT2D eigenvalue weighted by atomic mass is 10.0. The van der Waals surface area contributed by atoms with Gasteiger partial charge in [-0.15, -0.1) is 0 Å². The van der Waals surface area contributed by atoms with Gasteiger partial charge in [0.15, 0.2) is 0 Å². The highest BCUT2D eigenvalue weighted by Gasteiger charge is 2.09. The Morgan fingerprint density at radius 1 is 1.11 bits per heavy atom. The molecule has 2 nitrogen and oxygen atoms in total. The monoisotopic (exact) mass is 249 g/mol. The van der Waals surface area contributed by atoms with E-state index in [1.165, 1.54) is 17.5 Å². The molecule has 1 aromatic rings. The number of ether oxygens (including phenoxy) is 1. The molecule has 1 unspecified atom stereocenters. The van der Waals surface area contributed by atoms with Gasteiger partial charge in [-0.1, -0.05) is 51.5 Å². The van der Waals surface area contributed by atoms with Crippen molar-refractivity contribution >= 4 is 0 Å². The number of likely N-dealkylation sites (N-methyl/N-ethyl adjacent to an activating group) is 1. The first-order valence-corrected chi connectivity index (χ1v) is 7.01. The van der Waals surface area contributed by atoms with E-state index in [1.54, 1.807) is 0 Å². The van der Waals surface area contributed by atoms with Crippen molar-refractivity contribution in [2.24, 2.45) is 5.92 Å². The van der Waals surface area contributed by atoms with E-state index >= 15 is 0 Å². The van der Waals surface area contributed by atoms with Gasteiger partial charge in [-0.25, -0.2) is 0 Å². The molecule has 0 aromatic heterocycles. The molecule has 18 heavy (non-hydrogen) atoms. The Labute approximate surface area is 112 Å². The second-order valence-electron chi connectivity index (χ2n) is 5.26. The maximum atomic E-state index is 5.72. The molecule has 0 heterocycles. The van der Waals surface area contributed by atoms with E-state index in [0.717, 1.165) is 19.6 Å². The van der Waals surface area contributed by atoms with E-state index < -0.39 is 0 Å². The van der Waals surface area contributed by atoms with Gasteiger partial charge in [-0.2, -0.15) is 0 Å². The molecule has 0 radical (unpaired) electrons. The van der Waals surface area contributed by atoms with Crippen LogP contribution in [-0.2, 0) is 11.2 Å². The lowest BCUT2D eigenvalue weighted by molar-refractivity contribution is 0.0919. The summed E-state index contributed by atoms with van der Waals surface area (Å²) in [7, 11) is 1.99. The van der Waals surface area contributed by atoms with E-state index in [0.29, 0.717) is 12.0 Å². The number of nitrogens with one attached hydrogen (secondary N) is 1. The van der Waals surface area contributed by atoms with Gasteiger partial charge in [0.25, 0.3) is 0 Å². The number of hydrogen-bond donors (Lipinski definition) is 1. The first-order chi connectivity index (χ1) is 8.67. The highest BCUT2D eigenvalue weighted by Crippen LogP contribution is 2.15. The van der Waals surface area contributed by atoms with Crippen LogP contribution in [0.15, 0.2) is 24.3 Å².